The molecule has 0 bridgehead atoms. The zero-order valence-electron chi connectivity index (χ0n) is 17.3. The summed E-state index contributed by atoms with van der Waals surface area (Å²) in [7, 11) is 0. The smallest absolute Gasteiger partial charge is 0.224 e. The van der Waals surface area contributed by atoms with E-state index in [0.29, 0.717) is 6.42 Å². The van der Waals surface area contributed by atoms with Crippen LogP contribution in [0.3, 0.4) is 0 Å². The highest BCUT2D eigenvalue weighted by Gasteiger charge is 2.12. The highest BCUT2D eigenvalue weighted by Crippen LogP contribution is 2.20. The number of hydrogen-bond donors (Lipinski definition) is 1. The van der Waals surface area contributed by atoms with Crippen LogP contribution >= 0.6 is 0 Å². The fraction of sp³-hybridized carbons (Fsp3) is 0.280. The van der Waals surface area contributed by atoms with Crippen molar-refractivity contribution in [2.45, 2.75) is 45.8 Å². The molecule has 150 valence electrons. The standard InChI is InChI=1S/C25H28N2O2/c1-4-18(2)29-23-14-15-24(26-17-23)19(3)27-25(28)16-20-10-12-22(13-11-20)21-8-6-5-7-9-21/h5-15,17-19H,4,16H2,1-3H3,(H,27,28)/t18-,19+/m0/s1. The number of nitrogens with zero attached hydrogens (tertiary/aromatic N) is 1. The fourth-order valence-corrected chi connectivity index (χ4v) is 3.03. The van der Waals surface area contributed by atoms with Gasteiger partial charge in [-0.2, -0.15) is 0 Å². The molecule has 0 saturated heterocycles. The van der Waals surface area contributed by atoms with Crippen molar-refractivity contribution in [3.05, 3.63) is 84.2 Å². The molecule has 3 aromatic rings. The van der Waals surface area contributed by atoms with Gasteiger partial charge in [0.2, 0.25) is 5.91 Å². The SMILES string of the molecule is CC[C@H](C)Oc1ccc([C@@H](C)NC(=O)Cc2ccc(-c3ccccc3)cc2)nc1. The maximum atomic E-state index is 12.4. The van der Waals surface area contributed by atoms with Gasteiger partial charge >= 0.3 is 0 Å². The number of aromatic nitrogens is 1. The molecule has 4 heteroatoms. The summed E-state index contributed by atoms with van der Waals surface area (Å²) in [4.78, 5) is 16.9. The molecule has 2 aromatic carbocycles. The number of hydrogen-bond acceptors (Lipinski definition) is 3. The molecule has 0 unspecified atom stereocenters. The van der Waals surface area contributed by atoms with Crippen LogP contribution in [0.2, 0.25) is 0 Å². The second-order valence-electron chi connectivity index (χ2n) is 7.28. The van der Waals surface area contributed by atoms with Crippen molar-refractivity contribution < 1.29 is 9.53 Å². The summed E-state index contributed by atoms with van der Waals surface area (Å²) in [5.74, 6) is 0.729. The van der Waals surface area contributed by atoms with Gasteiger partial charge in [0.25, 0.3) is 0 Å². The van der Waals surface area contributed by atoms with Crippen molar-refractivity contribution in [2.24, 2.45) is 0 Å². The Kier molecular flexibility index (Phi) is 7.01. The summed E-state index contributed by atoms with van der Waals surface area (Å²) in [6, 6.07) is 22.0. The number of pyridine rings is 1. The maximum Gasteiger partial charge on any atom is 0.224 e. The third-order valence-corrected chi connectivity index (χ3v) is 4.92. The van der Waals surface area contributed by atoms with Crippen LogP contribution in [0.4, 0.5) is 0 Å². The number of benzene rings is 2. The van der Waals surface area contributed by atoms with Crippen LogP contribution in [0.1, 0.15) is 44.5 Å². The van der Waals surface area contributed by atoms with E-state index in [2.05, 4.69) is 41.5 Å². The molecule has 0 saturated carbocycles. The Bertz CT molecular complexity index is 906. The molecule has 0 radical (unpaired) electrons. The Morgan fingerprint density at radius 2 is 1.66 bits per heavy atom. The van der Waals surface area contributed by atoms with Gasteiger partial charge in [-0.05, 0) is 49.1 Å². The summed E-state index contributed by atoms with van der Waals surface area (Å²) in [6.45, 7) is 6.05. The molecule has 1 aromatic heterocycles. The summed E-state index contributed by atoms with van der Waals surface area (Å²) in [5.41, 5.74) is 4.12. The molecule has 4 nitrogen and oxygen atoms in total. The van der Waals surface area contributed by atoms with Crippen LogP contribution < -0.4 is 10.1 Å². The third-order valence-electron chi connectivity index (χ3n) is 4.92. The molecule has 0 aliphatic heterocycles. The molecule has 1 heterocycles. The second kappa shape index (κ2) is 9.87. The average Bonchev–Trinajstić information content (AvgIpc) is 2.75. The van der Waals surface area contributed by atoms with E-state index in [1.54, 1.807) is 6.20 Å². The predicted molar refractivity (Wildman–Crippen MR) is 117 cm³/mol. The van der Waals surface area contributed by atoms with E-state index in [0.717, 1.165) is 29.0 Å². The van der Waals surface area contributed by atoms with Crippen molar-refractivity contribution in [2.75, 3.05) is 0 Å². The lowest BCUT2D eigenvalue weighted by Gasteiger charge is -2.16. The minimum atomic E-state index is -0.163. The molecule has 0 aliphatic carbocycles. The van der Waals surface area contributed by atoms with Crippen LogP contribution in [-0.4, -0.2) is 17.0 Å². The third kappa shape index (κ3) is 5.92. The minimum absolute atomic E-state index is 0.0216. The summed E-state index contributed by atoms with van der Waals surface area (Å²) >= 11 is 0. The highest BCUT2D eigenvalue weighted by atomic mass is 16.5. The number of rotatable bonds is 8. The molecular formula is C25H28N2O2. The van der Waals surface area contributed by atoms with Crippen LogP contribution in [0, 0.1) is 0 Å². The van der Waals surface area contributed by atoms with Gasteiger partial charge in [-0.3, -0.25) is 9.78 Å². The van der Waals surface area contributed by atoms with Gasteiger partial charge in [0.05, 0.1) is 30.5 Å². The van der Waals surface area contributed by atoms with E-state index >= 15 is 0 Å². The first-order chi connectivity index (χ1) is 14.0. The summed E-state index contributed by atoms with van der Waals surface area (Å²) < 4.78 is 5.75. The molecule has 1 amide bonds. The zero-order chi connectivity index (χ0) is 20.6. The Balaban J connectivity index is 1.54. The van der Waals surface area contributed by atoms with Gasteiger partial charge < -0.3 is 10.1 Å². The Morgan fingerprint density at radius 1 is 0.966 bits per heavy atom. The Hall–Kier alpha value is -3.14. The maximum absolute atomic E-state index is 12.4. The predicted octanol–water partition coefficient (Wildman–Crippen LogP) is 5.35. The lowest BCUT2D eigenvalue weighted by molar-refractivity contribution is -0.121. The number of nitrogens with one attached hydrogen (secondary N) is 1. The lowest BCUT2D eigenvalue weighted by Crippen LogP contribution is -2.28. The van der Waals surface area contributed by atoms with Crippen molar-refractivity contribution >= 4 is 5.91 Å². The van der Waals surface area contributed by atoms with Crippen molar-refractivity contribution in [3.63, 3.8) is 0 Å². The first-order valence-electron chi connectivity index (χ1n) is 10.1. The topological polar surface area (TPSA) is 51.2 Å². The van der Waals surface area contributed by atoms with Gasteiger partial charge in [0.1, 0.15) is 5.75 Å². The highest BCUT2D eigenvalue weighted by molar-refractivity contribution is 5.79. The summed E-state index contributed by atoms with van der Waals surface area (Å²) in [5, 5.41) is 3.02. The molecule has 0 fully saturated rings. The quantitative estimate of drug-likeness (QED) is 0.566. The van der Waals surface area contributed by atoms with Crippen LogP contribution in [-0.2, 0) is 11.2 Å². The van der Waals surface area contributed by atoms with Crippen LogP contribution in [0.15, 0.2) is 72.9 Å². The van der Waals surface area contributed by atoms with Gasteiger partial charge in [-0.25, -0.2) is 0 Å². The Labute approximate surface area is 173 Å². The van der Waals surface area contributed by atoms with E-state index in [4.69, 9.17) is 4.74 Å². The first kappa shape index (κ1) is 20.6. The van der Waals surface area contributed by atoms with Crippen LogP contribution in [0.25, 0.3) is 11.1 Å². The second-order valence-corrected chi connectivity index (χ2v) is 7.28. The van der Waals surface area contributed by atoms with E-state index < -0.39 is 0 Å². The Morgan fingerprint density at radius 3 is 2.28 bits per heavy atom. The monoisotopic (exact) mass is 388 g/mol. The van der Waals surface area contributed by atoms with E-state index in [9.17, 15) is 4.79 Å². The fourth-order valence-electron chi connectivity index (χ4n) is 3.03. The number of ether oxygens (including phenoxy) is 1. The molecule has 29 heavy (non-hydrogen) atoms. The normalized spacial score (nSPS) is 12.8. The molecule has 0 spiro atoms. The van der Waals surface area contributed by atoms with Gasteiger partial charge in [-0.15, -0.1) is 0 Å². The van der Waals surface area contributed by atoms with Gasteiger partial charge in [-0.1, -0.05) is 61.5 Å². The average molecular weight is 389 g/mol. The van der Waals surface area contributed by atoms with E-state index in [1.807, 2.05) is 56.3 Å². The van der Waals surface area contributed by atoms with Gasteiger partial charge in [0, 0.05) is 0 Å². The van der Waals surface area contributed by atoms with Gasteiger partial charge in [0.15, 0.2) is 0 Å². The zero-order valence-corrected chi connectivity index (χ0v) is 17.3. The van der Waals surface area contributed by atoms with Crippen molar-refractivity contribution in [3.8, 4) is 16.9 Å². The van der Waals surface area contributed by atoms with E-state index in [1.165, 1.54) is 5.56 Å². The first-order valence-corrected chi connectivity index (χ1v) is 10.1. The summed E-state index contributed by atoms with van der Waals surface area (Å²) in [6.07, 6.45) is 3.16. The number of carbonyl (C=O) groups is 1. The molecular weight excluding hydrogens is 360 g/mol. The number of carbonyl (C=O) groups excluding carboxylic acids is 1. The molecule has 2 atom stereocenters. The van der Waals surface area contributed by atoms with Crippen molar-refractivity contribution in [1.29, 1.82) is 0 Å². The molecule has 3 rings (SSSR count). The van der Waals surface area contributed by atoms with Crippen LogP contribution in [0.5, 0.6) is 5.75 Å². The van der Waals surface area contributed by atoms with E-state index in [-0.39, 0.29) is 18.1 Å². The molecule has 1 N–H and O–H groups in total. The largest absolute Gasteiger partial charge is 0.489 e. The molecule has 0 aliphatic rings. The minimum Gasteiger partial charge on any atom is -0.489 e. The number of amides is 1. The lowest BCUT2D eigenvalue weighted by atomic mass is 10.0. The van der Waals surface area contributed by atoms with Crippen molar-refractivity contribution in [1.82, 2.24) is 10.3 Å².